The van der Waals surface area contributed by atoms with Crippen molar-refractivity contribution >= 4 is 0 Å². The predicted molar refractivity (Wildman–Crippen MR) is 78.5 cm³/mol. The van der Waals surface area contributed by atoms with Crippen molar-refractivity contribution in [3.8, 4) is 5.75 Å². The molecule has 3 heteroatoms. The zero-order valence-electron chi connectivity index (χ0n) is 11.7. The van der Waals surface area contributed by atoms with Crippen molar-refractivity contribution in [3.05, 3.63) is 53.9 Å². The molecule has 0 aliphatic heterocycles. The molecule has 0 saturated carbocycles. The highest BCUT2D eigenvalue weighted by molar-refractivity contribution is 5.27. The van der Waals surface area contributed by atoms with Gasteiger partial charge >= 0.3 is 0 Å². The molecule has 0 fully saturated rings. The van der Waals surface area contributed by atoms with E-state index in [0.717, 1.165) is 25.1 Å². The third-order valence-electron chi connectivity index (χ3n) is 3.36. The fourth-order valence-electron chi connectivity index (χ4n) is 2.10. The molecule has 0 aliphatic carbocycles. The van der Waals surface area contributed by atoms with Crippen LogP contribution in [0.15, 0.2) is 42.7 Å². The smallest absolute Gasteiger partial charge is 0.118 e. The number of nitrogens with zero attached hydrogens (tertiary/aromatic N) is 1. The molecule has 0 bridgehead atoms. The maximum absolute atomic E-state index is 5.98. The molecule has 1 atom stereocenters. The van der Waals surface area contributed by atoms with Gasteiger partial charge in [-0.3, -0.25) is 0 Å². The normalized spacial score (nSPS) is 12.4. The third kappa shape index (κ3) is 3.86. The Bertz CT molecular complexity index is 502. The van der Waals surface area contributed by atoms with Crippen LogP contribution in [0.2, 0.25) is 0 Å². The number of nitrogens with two attached hydrogens (primary N) is 1. The van der Waals surface area contributed by atoms with Gasteiger partial charge in [-0.05, 0) is 42.2 Å². The van der Waals surface area contributed by atoms with E-state index in [0.29, 0.717) is 0 Å². The van der Waals surface area contributed by atoms with Gasteiger partial charge in [0.15, 0.2) is 0 Å². The molecule has 0 amide bonds. The molecule has 0 aliphatic rings. The quantitative estimate of drug-likeness (QED) is 0.865. The lowest BCUT2D eigenvalue weighted by molar-refractivity contribution is 0.414. The standard InChI is InChI=1S/C16H22N2O/c1-3-15(17)10-14-8-9-18(12-14)11-13-4-6-16(19-2)7-5-13/h4-9,12,15H,3,10-11,17H2,1-2H3. The Morgan fingerprint density at radius 3 is 2.53 bits per heavy atom. The van der Waals surface area contributed by atoms with E-state index in [1.807, 2.05) is 12.1 Å². The van der Waals surface area contributed by atoms with Crippen molar-refractivity contribution in [2.75, 3.05) is 7.11 Å². The average Bonchev–Trinajstić information content (AvgIpc) is 2.86. The zero-order valence-corrected chi connectivity index (χ0v) is 11.7. The lowest BCUT2D eigenvalue weighted by Gasteiger charge is -2.07. The number of hydrogen-bond donors (Lipinski definition) is 1. The summed E-state index contributed by atoms with van der Waals surface area (Å²) >= 11 is 0. The summed E-state index contributed by atoms with van der Waals surface area (Å²) in [5.41, 5.74) is 8.55. The first-order valence-corrected chi connectivity index (χ1v) is 6.74. The lowest BCUT2D eigenvalue weighted by atomic mass is 10.1. The second-order valence-corrected chi connectivity index (χ2v) is 4.91. The summed E-state index contributed by atoms with van der Waals surface area (Å²) in [4.78, 5) is 0. The number of benzene rings is 1. The van der Waals surface area contributed by atoms with Crippen LogP contribution in [0, 0.1) is 0 Å². The molecule has 1 unspecified atom stereocenters. The summed E-state index contributed by atoms with van der Waals surface area (Å²) in [5.74, 6) is 0.894. The van der Waals surface area contributed by atoms with Gasteiger partial charge in [-0.25, -0.2) is 0 Å². The van der Waals surface area contributed by atoms with Gasteiger partial charge in [0.05, 0.1) is 7.11 Å². The Kier molecular flexibility index (Phi) is 4.63. The number of rotatable bonds is 6. The Labute approximate surface area is 115 Å². The first-order valence-electron chi connectivity index (χ1n) is 6.74. The third-order valence-corrected chi connectivity index (χ3v) is 3.36. The van der Waals surface area contributed by atoms with Crippen molar-refractivity contribution < 1.29 is 4.74 Å². The van der Waals surface area contributed by atoms with E-state index >= 15 is 0 Å². The van der Waals surface area contributed by atoms with Crippen LogP contribution in [0.5, 0.6) is 5.75 Å². The van der Waals surface area contributed by atoms with E-state index in [2.05, 4.69) is 42.1 Å². The van der Waals surface area contributed by atoms with Gasteiger partial charge in [-0.15, -0.1) is 0 Å². The number of methoxy groups -OCH3 is 1. The van der Waals surface area contributed by atoms with Gasteiger partial charge in [-0.2, -0.15) is 0 Å². The lowest BCUT2D eigenvalue weighted by Crippen LogP contribution is -2.21. The zero-order chi connectivity index (χ0) is 13.7. The summed E-state index contributed by atoms with van der Waals surface area (Å²) in [6.07, 6.45) is 6.26. The molecule has 19 heavy (non-hydrogen) atoms. The second kappa shape index (κ2) is 6.43. The molecule has 2 aromatic rings. The van der Waals surface area contributed by atoms with Crippen molar-refractivity contribution in [2.24, 2.45) is 5.73 Å². The van der Waals surface area contributed by atoms with Gasteiger partial charge in [-0.1, -0.05) is 19.1 Å². The monoisotopic (exact) mass is 258 g/mol. The van der Waals surface area contributed by atoms with E-state index in [1.54, 1.807) is 7.11 Å². The summed E-state index contributed by atoms with van der Waals surface area (Å²) < 4.78 is 7.35. The highest BCUT2D eigenvalue weighted by Crippen LogP contribution is 2.13. The topological polar surface area (TPSA) is 40.2 Å². The first-order chi connectivity index (χ1) is 9.21. The Morgan fingerprint density at radius 1 is 1.16 bits per heavy atom. The van der Waals surface area contributed by atoms with Crippen molar-refractivity contribution in [3.63, 3.8) is 0 Å². The Hall–Kier alpha value is -1.74. The molecule has 2 rings (SSSR count). The molecule has 2 N–H and O–H groups in total. The van der Waals surface area contributed by atoms with Crippen LogP contribution in [-0.4, -0.2) is 17.7 Å². The minimum atomic E-state index is 0.261. The summed E-state index contributed by atoms with van der Waals surface area (Å²) in [6.45, 7) is 3.00. The van der Waals surface area contributed by atoms with Gasteiger partial charge in [0.25, 0.3) is 0 Å². The van der Waals surface area contributed by atoms with Gasteiger partial charge in [0, 0.05) is 25.0 Å². The molecule has 102 valence electrons. The maximum atomic E-state index is 5.98. The molecule has 0 radical (unpaired) electrons. The molecule has 3 nitrogen and oxygen atoms in total. The van der Waals surface area contributed by atoms with Crippen molar-refractivity contribution in [1.29, 1.82) is 0 Å². The highest BCUT2D eigenvalue weighted by Gasteiger charge is 2.03. The van der Waals surface area contributed by atoms with Crippen LogP contribution in [0.25, 0.3) is 0 Å². The highest BCUT2D eigenvalue weighted by atomic mass is 16.5. The van der Waals surface area contributed by atoms with Crippen LogP contribution in [0.4, 0.5) is 0 Å². The van der Waals surface area contributed by atoms with Gasteiger partial charge in [0.1, 0.15) is 5.75 Å². The molecular formula is C16H22N2O. The van der Waals surface area contributed by atoms with Crippen LogP contribution in [0.3, 0.4) is 0 Å². The molecule has 1 heterocycles. The summed E-state index contributed by atoms with van der Waals surface area (Å²) in [7, 11) is 1.68. The van der Waals surface area contributed by atoms with E-state index in [4.69, 9.17) is 10.5 Å². The number of hydrogen-bond acceptors (Lipinski definition) is 2. The number of aromatic nitrogens is 1. The van der Waals surface area contributed by atoms with Gasteiger partial charge in [0.2, 0.25) is 0 Å². The second-order valence-electron chi connectivity index (χ2n) is 4.91. The first kappa shape index (κ1) is 13.7. The number of ether oxygens (including phenoxy) is 1. The van der Waals surface area contributed by atoms with Crippen LogP contribution in [0.1, 0.15) is 24.5 Å². The van der Waals surface area contributed by atoms with Crippen LogP contribution >= 0.6 is 0 Å². The van der Waals surface area contributed by atoms with E-state index in [1.165, 1.54) is 11.1 Å². The Morgan fingerprint density at radius 2 is 1.89 bits per heavy atom. The fraction of sp³-hybridized carbons (Fsp3) is 0.375. The van der Waals surface area contributed by atoms with Gasteiger partial charge < -0.3 is 15.0 Å². The molecule has 0 saturated heterocycles. The average molecular weight is 258 g/mol. The van der Waals surface area contributed by atoms with E-state index < -0.39 is 0 Å². The fourth-order valence-corrected chi connectivity index (χ4v) is 2.10. The van der Waals surface area contributed by atoms with E-state index in [9.17, 15) is 0 Å². The van der Waals surface area contributed by atoms with Crippen LogP contribution < -0.4 is 10.5 Å². The van der Waals surface area contributed by atoms with Crippen molar-refractivity contribution in [1.82, 2.24) is 4.57 Å². The minimum Gasteiger partial charge on any atom is -0.497 e. The summed E-state index contributed by atoms with van der Waals surface area (Å²) in [5, 5.41) is 0. The molecule has 1 aromatic heterocycles. The van der Waals surface area contributed by atoms with Crippen LogP contribution in [-0.2, 0) is 13.0 Å². The SMILES string of the molecule is CCC(N)Cc1ccn(Cc2ccc(OC)cc2)c1. The molecular weight excluding hydrogens is 236 g/mol. The summed E-state index contributed by atoms with van der Waals surface area (Å²) in [6, 6.07) is 10.6. The predicted octanol–water partition coefficient (Wildman–Crippen LogP) is 2.82. The molecule has 1 aromatic carbocycles. The largest absolute Gasteiger partial charge is 0.497 e. The van der Waals surface area contributed by atoms with Crippen molar-refractivity contribution in [2.45, 2.75) is 32.4 Å². The maximum Gasteiger partial charge on any atom is 0.118 e. The minimum absolute atomic E-state index is 0.261. The van der Waals surface area contributed by atoms with E-state index in [-0.39, 0.29) is 6.04 Å². The molecule has 0 spiro atoms. The Balaban J connectivity index is 1.98.